The molecule has 0 atom stereocenters. The lowest BCUT2D eigenvalue weighted by atomic mass is 9.74. The van der Waals surface area contributed by atoms with Gasteiger partial charge in [-0.25, -0.2) is 0 Å². The summed E-state index contributed by atoms with van der Waals surface area (Å²) in [6.45, 7) is 2.58. The normalized spacial score (nSPS) is 17.3. The second-order valence-corrected chi connectivity index (χ2v) is 4.77. The van der Waals surface area contributed by atoms with Crippen LogP contribution in [-0.4, -0.2) is 17.9 Å². The predicted molar refractivity (Wildman–Crippen MR) is 67.3 cm³/mol. The number of hydrogen-bond donors (Lipinski definition) is 1. The lowest BCUT2D eigenvalue weighted by molar-refractivity contribution is 0.0912. The van der Waals surface area contributed by atoms with Crippen molar-refractivity contribution in [1.29, 1.82) is 0 Å². The molecular formula is C14H19NO2. The topological polar surface area (TPSA) is 52.3 Å². The van der Waals surface area contributed by atoms with Crippen molar-refractivity contribution in [2.45, 2.75) is 38.1 Å². The van der Waals surface area contributed by atoms with Crippen molar-refractivity contribution in [3.63, 3.8) is 0 Å². The Morgan fingerprint density at radius 2 is 2.00 bits per heavy atom. The number of carbonyl (C=O) groups excluding carboxylic acids is 1. The third kappa shape index (κ3) is 2.86. The van der Waals surface area contributed by atoms with E-state index in [4.69, 9.17) is 10.5 Å². The minimum Gasteiger partial charge on any atom is -0.494 e. The van der Waals surface area contributed by atoms with Crippen molar-refractivity contribution in [1.82, 2.24) is 0 Å². The van der Waals surface area contributed by atoms with Crippen LogP contribution < -0.4 is 10.5 Å². The van der Waals surface area contributed by atoms with Crippen LogP contribution in [0.3, 0.4) is 0 Å². The van der Waals surface area contributed by atoms with E-state index >= 15 is 0 Å². The minimum absolute atomic E-state index is 0.134. The maximum Gasteiger partial charge on any atom is 0.164 e. The second kappa shape index (κ2) is 4.88. The number of Topliss-reactive ketones (excluding diaryl/α,β-unsaturated/α-hetero) is 1. The Hall–Kier alpha value is -1.35. The van der Waals surface area contributed by atoms with Crippen LogP contribution in [0.25, 0.3) is 0 Å². The number of ketones is 1. The van der Waals surface area contributed by atoms with Gasteiger partial charge in [0.15, 0.2) is 5.78 Å². The maximum atomic E-state index is 12.0. The highest BCUT2D eigenvalue weighted by Gasteiger charge is 2.34. The van der Waals surface area contributed by atoms with Crippen LogP contribution in [0.1, 0.15) is 43.0 Å². The van der Waals surface area contributed by atoms with E-state index in [1.54, 1.807) is 0 Å². The molecule has 0 bridgehead atoms. The van der Waals surface area contributed by atoms with E-state index in [0.29, 0.717) is 13.0 Å². The molecular weight excluding hydrogens is 214 g/mol. The van der Waals surface area contributed by atoms with Gasteiger partial charge in [-0.2, -0.15) is 0 Å². The Labute approximate surface area is 102 Å². The Bertz CT molecular complexity index is 393. The Morgan fingerprint density at radius 3 is 2.47 bits per heavy atom. The molecule has 1 aliphatic rings. The molecule has 3 nitrogen and oxygen atoms in total. The fraction of sp³-hybridized carbons (Fsp3) is 0.500. The summed E-state index contributed by atoms with van der Waals surface area (Å²) >= 11 is 0. The van der Waals surface area contributed by atoms with Crippen molar-refractivity contribution in [2.24, 2.45) is 5.73 Å². The Morgan fingerprint density at radius 1 is 1.35 bits per heavy atom. The van der Waals surface area contributed by atoms with Crippen LogP contribution in [0.5, 0.6) is 5.75 Å². The molecule has 1 aliphatic carbocycles. The van der Waals surface area contributed by atoms with Crippen LogP contribution in [0.4, 0.5) is 0 Å². The van der Waals surface area contributed by atoms with Gasteiger partial charge in [0.25, 0.3) is 0 Å². The fourth-order valence-electron chi connectivity index (χ4n) is 2.13. The molecule has 1 aromatic rings. The molecule has 1 saturated carbocycles. The van der Waals surface area contributed by atoms with Crippen LogP contribution in [0, 0.1) is 0 Å². The molecule has 17 heavy (non-hydrogen) atoms. The number of carbonyl (C=O) groups is 1. The van der Waals surface area contributed by atoms with E-state index in [-0.39, 0.29) is 11.3 Å². The van der Waals surface area contributed by atoms with Gasteiger partial charge in [-0.05, 0) is 50.5 Å². The van der Waals surface area contributed by atoms with E-state index in [1.165, 1.54) is 0 Å². The minimum atomic E-state index is -0.240. The van der Waals surface area contributed by atoms with E-state index in [2.05, 4.69) is 0 Å². The molecule has 0 heterocycles. The molecule has 92 valence electrons. The van der Waals surface area contributed by atoms with Crippen molar-refractivity contribution in [3.8, 4) is 5.75 Å². The van der Waals surface area contributed by atoms with E-state index in [9.17, 15) is 4.79 Å². The van der Waals surface area contributed by atoms with Gasteiger partial charge in [-0.1, -0.05) is 0 Å². The molecule has 0 saturated heterocycles. The zero-order valence-electron chi connectivity index (χ0n) is 10.2. The standard InChI is InChI=1S/C14H19NO2/c1-2-17-12-6-4-11(5-7-12)13(16)10-14(15)8-3-9-14/h4-7H,2-3,8-10,15H2,1H3. The van der Waals surface area contributed by atoms with Gasteiger partial charge in [-0.3, -0.25) is 4.79 Å². The highest BCUT2D eigenvalue weighted by molar-refractivity contribution is 5.97. The summed E-state index contributed by atoms with van der Waals surface area (Å²) in [6, 6.07) is 7.30. The molecule has 0 unspecified atom stereocenters. The third-order valence-electron chi connectivity index (χ3n) is 3.35. The molecule has 1 aromatic carbocycles. The molecule has 0 amide bonds. The number of ether oxygens (including phenoxy) is 1. The SMILES string of the molecule is CCOc1ccc(C(=O)CC2(N)CCC2)cc1. The van der Waals surface area contributed by atoms with Crippen LogP contribution in [-0.2, 0) is 0 Å². The van der Waals surface area contributed by atoms with Crippen molar-refractivity contribution < 1.29 is 9.53 Å². The number of nitrogens with two attached hydrogens (primary N) is 1. The summed E-state index contributed by atoms with van der Waals surface area (Å²) in [4.78, 5) is 12.0. The first-order valence-electron chi connectivity index (χ1n) is 6.18. The molecule has 2 rings (SSSR count). The molecule has 2 N–H and O–H groups in total. The zero-order valence-corrected chi connectivity index (χ0v) is 10.2. The molecule has 0 radical (unpaired) electrons. The first-order chi connectivity index (χ1) is 8.13. The molecule has 0 spiro atoms. The zero-order chi connectivity index (χ0) is 12.3. The molecule has 3 heteroatoms. The number of hydrogen-bond acceptors (Lipinski definition) is 3. The van der Waals surface area contributed by atoms with Gasteiger partial charge in [0, 0.05) is 17.5 Å². The lowest BCUT2D eigenvalue weighted by Gasteiger charge is -2.37. The largest absolute Gasteiger partial charge is 0.494 e. The third-order valence-corrected chi connectivity index (χ3v) is 3.35. The fourth-order valence-corrected chi connectivity index (χ4v) is 2.13. The van der Waals surface area contributed by atoms with Crippen LogP contribution >= 0.6 is 0 Å². The summed E-state index contributed by atoms with van der Waals surface area (Å²) in [6.07, 6.45) is 3.54. The van der Waals surface area contributed by atoms with Gasteiger partial charge in [-0.15, -0.1) is 0 Å². The average Bonchev–Trinajstić information content (AvgIpc) is 2.28. The summed E-state index contributed by atoms with van der Waals surface area (Å²) in [7, 11) is 0. The molecule has 1 fully saturated rings. The lowest BCUT2D eigenvalue weighted by Crippen LogP contribution is -2.48. The smallest absolute Gasteiger partial charge is 0.164 e. The van der Waals surface area contributed by atoms with E-state index in [1.807, 2.05) is 31.2 Å². The van der Waals surface area contributed by atoms with Gasteiger partial charge in [0.1, 0.15) is 5.75 Å². The van der Waals surface area contributed by atoms with Gasteiger partial charge >= 0.3 is 0 Å². The number of rotatable bonds is 5. The summed E-state index contributed by atoms with van der Waals surface area (Å²) in [5.41, 5.74) is 6.56. The van der Waals surface area contributed by atoms with Crippen molar-refractivity contribution in [2.75, 3.05) is 6.61 Å². The van der Waals surface area contributed by atoms with Gasteiger partial charge in [0.2, 0.25) is 0 Å². The monoisotopic (exact) mass is 233 g/mol. The Kier molecular flexibility index (Phi) is 3.48. The first-order valence-corrected chi connectivity index (χ1v) is 6.18. The average molecular weight is 233 g/mol. The summed E-state index contributed by atoms with van der Waals surface area (Å²) in [5.74, 6) is 0.936. The van der Waals surface area contributed by atoms with Gasteiger partial charge < -0.3 is 10.5 Å². The van der Waals surface area contributed by atoms with E-state index in [0.717, 1.165) is 30.6 Å². The molecule has 0 aromatic heterocycles. The van der Waals surface area contributed by atoms with Crippen LogP contribution in [0.2, 0.25) is 0 Å². The summed E-state index contributed by atoms with van der Waals surface area (Å²) < 4.78 is 5.34. The maximum absolute atomic E-state index is 12.0. The van der Waals surface area contributed by atoms with Crippen LogP contribution in [0.15, 0.2) is 24.3 Å². The van der Waals surface area contributed by atoms with E-state index < -0.39 is 0 Å². The van der Waals surface area contributed by atoms with Gasteiger partial charge in [0.05, 0.1) is 6.61 Å². The first kappa shape index (κ1) is 12.1. The summed E-state index contributed by atoms with van der Waals surface area (Å²) in [5, 5.41) is 0. The highest BCUT2D eigenvalue weighted by Crippen LogP contribution is 2.33. The van der Waals surface area contributed by atoms with Crippen molar-refractivity contribution in [3.05, 3.63) is 29.8 Å². The Balaban J connectivity index is 1.99. The molecule has 0 aliphatic heterocycles. The second-order valence-electron chi connectivity index (χ2n) is 4.77. The van der Waals surface area contributed by atoms with Crippen molar-refractivity contribution >= 4 is 5.78 Å². The number of benzene rings is 1. The quantitative estimate of drug-likeness (QED) is 0.795. The highest BCUT2D eigenvalue weighted by atomic mass is 16.5. The predicted octanol–water partition coefficient (Wildman–Crippen LogP) is 2.54.